The van der Waals surface area contributed by atoms with E-state index in [4.69, 9.17) is 9.47 Å². The van der Waals surface area contributed by atoms with Crippen LogP contribution in [0.15, 0.2) is 30.3 Å². The van der Waals surface area contributed by atoms with Gasteiger partial charge in [0.1, 0.15) is 6.10 Å². The minimum Gasteiger partial charge on any atom is -0.462 e. The molecule has 27 heavy (non-hydrogen) atoms. The zero-order valence-corrected chi connectivity index (χ0v) is 17.6. The van der Waals surface area contributed by atoms with E-state index in [1.807, 2.05) is 18.2 Å². The van der Waals surface area contributed by atoms with Gasteiger partial charge in [-0.2, -0.15) is 0 Å². The zero-order valence-electron chi connectivity index (χ0n) is 17.6. The molecule has 0 heterocycles. The monoisotopic (exact) mass is 372 g/mol. The van der Waals surface area contributed by atoms with Crippen molar-refractivity contribution in [1.29, 1.82) is 0 Å². The molecule has 0 saturated heterocycles. The average molecular weight is 373 g/mol. The zero-order chi connectivity index (χ0) is 19.6. The molecule has 5 unspecified atom stereocenters. The first-order valence-corrected chi connectivity index (χ1v) is 10.6. The van der Waals surface area contributed by atoms with Gasteiger partial charge in [0.05, 0.1) is 19.1 Å². The Bertz CT molecular complexity index is 622. The number of carbonyl (C=O) groups excluding carboxylic acids is 1. The Morgan fingerprint density at radius 1 is 1.19 bits per heavy atom. The van der Waals surface area contributed by atoms with Gasteiger partial charge in [-0.05, 0) is 41.6 Å². The number of rotatable bonds is 7. The molecule has 3 rings (SSSR count). The minimum absolute atomic E-state index is 0.00180. The van der Waals surface area contributed by atoms with E-state index in [2.05, 4.69) is 46.8 Å². The molecule has 0 N–H and O–H groups in total. The van der Waals surface area contributed by atoms with Crippen LogP contribution in [0, 0.1) is 35.0 Å². The Kier molecular flexibility index (Phi) is 6.30. The summed E-state index contributed by atoms with van der Waals surface area (Å²) >= 11 is 0. The maximum Gasteiger partial charge on any atom is 0.310 e. The van der Waals surface area contributed by atoms with Gasteiger partial charge >= 0.3 is 5.97 Å². The summed E-state index contributed by atoms with van der Waals surface area (Å²) in [6.45, 7) is 12.3. The van der Waals surface area contributed by atoms with Crippen molar-refractivity contribution >= 4 is 5.97 Å². The average Bonchev–Trinajstić information content (AvgIpc) is 3.16. The molecule has 2 saturated carbocycles. The van der Waals surface area contributed by atoms with Crippen LogP contribution in [0.3, 0.4) is 0 Å². The van der Waals surface area contributed by atoms with Crippen molar-refractivity contribution in [3.05, 3.63) is 35.9 Å². The Morgan fingerprint density at radius 2 is 1.89 bits per heavy atom. The first-order valence-electron chi connectivity index (χ1n) is 10.6. The summed E-state index contributed by atoms with van der Waals surface area (Å²) in [5, 5.41) is 0. The van der Waals surface area contributed by atoms with Crippen molar-refractivity contribution in [1.82, 2.24) is 0 Å². The van der Waals surface area contributed by atoms with Gasteiger partial charge in [0, 0.05) is 5.92 Å². The summed E-state index contributed by atoms with van der Waals surface area (Å²) in [7, 11) is 0. The second kappa shape index (κ2) is 8.34. The van der Waals surface area contributed by atoms with Crippen molar-refractivity contribution in [2.75, 3.05) is 6.61 Å². The first kappa shape index (κ1) is 20.4. The topological polar surface area (TPSA) is 35.5 Å². The van der Waals surface area contributed by atoms with Crippen molar-refractivity contribution in [3.63, 3.8) is 0 Å². The maximum absolute atomic E-state index is 12.9. The molecule has 0 aromatic heterocycles. The summed E-state index contributed by atoms with van der Waals surface area (Å²) in [6.07, 6.45) is 3.52. The van der Waals surface area contributed by atoms with Crippen LogP contribution in [0.4, 0.5) is 0 Å². The lowest BCUT2D eigenvalue weighted by atomic mass is 9.75. The van der Waals surface area contributed by atoms with Crippen LogP contribution in [0.25, 0.3) is 0 Å². The van der Waals surface area contributed by atoms with Crippen LogP contribution in [0.1, 0.15) is 59.4 Å². The van der Waals surface area contributed by atoms with E-state index in [1.54, 1.807) is 0 Å². The molecule has 0 bridgehead atoms. The van der Waals surface area contributed by atoms with Gasteiger partial charge in [0.15, 0.2) is 0 Å². The predicted octanol–water partition coefficient (Wildman–Crippen LogP) is 5.48. The molecule has 2 fully saturated rings. The van der Waals surface area contributed by atoms with Crippen molar-refractivity contribution < 1.29 is 14.3 Å². The molecule has 5 atom stereocenters. The molecule has 3 nitrogen and oxygen atoms in total. The lowest BCUT2D eigenvalue weighted by molar-refractivity contribution is -0.158. The SMILES string of the molecule is CC1CCC(C(C)C)C(OC(=O)C2C(COCc3ccccc3)C2(C)C)C1. The lowest BCUT2D eigenvalue weighted by Gasteiger charge is -2.36. The van der Waals surface area contributed by atoms with Crippen LogP contribution in [-0.4, -0.2) is 18.7 Å². The van der Waals surface area contributed by atoms with Crippen LogP contribution in [-0.2, 0) is 20.9 Å². The second-order valence-corrected chi connectivity index (χ2v) is 9.71. The van der Waals surface area contributed by atoms with Gasteiger partial charge in [0.25, 0.3) is 0 Å². The van der Waals surface area contributed by atoms with Crippen LogP contribution in [0.5, 0.6) is 0 Å². The van der Waals surface area contributed by atoms with Crippen LogP contribution in [0.2, 0.25) is 0 Å². The van der Waals surface area contributed by atoms with E-state index in [0.717, 1.165) is 6.42 Å². The molecule has 0 radical (unpaired) electrons. The quantitative estimate of drug-likeness (QED) is 0.595. The van der Waals surface area contributed by atoms with Gasteiger partial charge in [-0.1, -0.05) is 71.4 Å². The summed E-state index contributed by atoms with van der Waals surface area (Å²) in [5.41, 5.74) is 1.15. The van der Waals surface area contributed by atoms with Gasteiger partial charge in [-0.3, -0.25) is 4.79 Å². The molecule has 0 spiro atoms. The van der Waals surface area contributed by atoms with E-state index >= 15 is 0 Å². The summed E-state index contributed by atoms with van der Waals surface area (Å²) < 4.78 is 12.0. The fourth-order valence-electron chi connectivity index (χ4n) is 4.87. The second-order valence-electron chi connectivity index (χ2n) is 9.71. The summed E-state index contributed by atoms with van der Waals surface area (Å²) in [5.74, 6) is 1.94. The minimum atomic E-state index is -0.0293. The molecular formula is C24H36O3. The maximum atomic E-state index is 12.9. The van der Waals surface area contributed by atoms with Gasteiger partial charge < -0.3 is 9.47 Å². The van der Waals surface area contributed by atoms with Gasteiger partial charge in [-0.15, -0.1) is 0 Å². The molecule has 0 aliphatic heterocycles. The molecule has 2 aliphatic carbocycles. The van der Waals surface area contributed by atoms with E-state index in [0.29, 0.717) is 31.0 Å². The lowest BCUT2D eigenvalue weighted by Crippen LogP contribution is -2.36. The van der Waals surface area contributed by atoms with Gasteiger partial charge in [-0.25, -0.2) is 0 Å². The fraction of sp³-hybridized carbons (Fsp3) is 0.708. The Balaban J connectivity index is 1.53. The highest BCUT2D eigenvalue weighted by Gasteiger charge is 2.63. The van der Waals surface area contributed by atoms with Crippen molar-refractivity contribution in [2.45, 2.75) is 66.6 Å². The molecule has 2 aliphatic rings. The Morgan fingerprint density at radius 3 is 2.56 bits per heavy atom. The third kappa shape index (κ3) is 4.74. The number of carbonyl (C=O) groups is 1. The summed E-state index contributed by atoms with van der Waals surface area (Å²) in [6, 6.07) is 10.2. The number of hydrogen-bond acceptors (Lipinski definition) is 3. The fourth-order valence-corrected chi connectivity index (χ4v) is 4.87. The van der Waals surface area contributed by atoms with Gasteiger partial charge in [0.2, 0.25) is 0 Å². The van der Waals surface area contributed by atoms with E-state index < -0.39 is 0 Å². The molecule has 3 heteroatoms. The molecule has 1 aromatic rings. The summed E-state index contributed by atoms with van der Waals surface area (Å²) in [4.78, 5) is 12.9. The normalized spacial score (nSPS) is 32.3. The van der Waals surface area contributed by atoms with Crippen LogP contribution < -0.4 is 0 Å². The molecule has 0 amide bonds. The smallest absolute Gasteiger partial charge is 0.310 e. The number of esters is 1. The number of benzene rings is 1. The largest absolute Gasteiger partial charge is 0.462 e. The molecule has 150 valence electrons. The van der Waals surface area contributed by atoms with Crippen molar-refractivity contribution in [3.8, 4) is 0 Å². The van der Waals surface area contributed by atoms with E-state index in [1.165, 1.54) is 18.4 Å². The molecular weight excluding hydrogens is 336 g/mol. The van der Waals surface area contributed by atoms with E-state index in [9.17, 15) is 4.79 Å². The van der Waals surface area contributed by atoms with Crippen LogP contribution >= 0.6 is 0 Å². The predicted molar refractivity (Wildman–Crippen MR) is 108 cm³/mol. The Hall–Kier alpha value is -1.35. The Labute approximate surface area is 164 Å². The number of hydrogen-bond donors (Lipinski definition) is 0. The van der Waals surface area contributed by atoms with E-state index in [-0.39, 0.29) is 29.3 Å². The third-order valence-corrected chi connectivity index (χ3v) is 6.94. The highest BCUT2D eigenvalue weighted by molar-refractivity contribution is 5.77. The molecule has 1 aromatic carbocycles. The van der Waals surface area contributed by atoms with Crippen molar-refractivity contribution in [2.24, 2.45) is 35.0 Å². The third-order valence-electron chi connectivity index (χ3n) is 6.94. The standard InChI is InChI=1S/C24H36O3/c1-16(2)19-12-11-17(3)13-21(19)27-23(25)22-20(24(22,4)5)15-26-14-18-9-7-6-8-10-18/h6-10,16-17,19-22H,11-15H2,1-5H3. The number of ether oxygens (including phenoxy) is 2. The highest BCUT2D eigenvalue weighted by Crippen LogP contribution is 2.59. The first-order chi connectivity index (χ1) is 12.8. The highest BCUT2D eigenvalue weighted by atomic mass is 16.5.